The predicted octanol–water partition coefficient (Wildman–Crippen LogP) is 2.38. The van der Waals surface area contributed by atoms with E-state index in [1.807, 2.05) is 18.2 Å². The number of sulfonamides is 1. The van der Waals surface area contributed by atoms with Crippen molar-refractivity contribution < 1.29 is 17.7 Å². The lowest BCUT2D eigenvalue weighted by atomic mass is 10.0. The molecular formula is C23H27N5O4S. The number of nitrogens with one attached hydrogen (secondary N) is 1. The number of piperidine rings is 1. The van der Waals surface area contributed by atoms with Gasteiger partial charge < -0.3 is 9.84 Å². The molecule has 1 aliphatic rings. The molecule has 0 atom stereocenters. The molecule has 0 radical (unpaired) electrons. The van der Waals surface area contributed by atoms with Crippen LogP contribution in [0.3, 0.4) is 0 Å². The van der Waals surface area contributed by atoms with Gasteiger partial charge in [-0.15, -0.1) is 0 Å². The molecule has 1 N–H and O–H groups in total. The van der Waals surface area contributed by atoms with Crippen molar-refractivity contribution in [2.24, 2.45) is 0 Å². The summed E-state index contributed by atoms with van der Waals surface area (Å²) >= 11 is 0. The molecule has 2 heterocycles. The SMILES string of the molecule is CN(C)S(=O)(=O)c1ccc(-c2noc(C(=O)NC3CCN(Cc4ccccc4)CC3)n2)cc1. The lowest BCUT2D eigenvalue weighted by Crippen LogP contribution is -2.44. The average Bonchev–Trinajstić information content (AvgIpc) is 3.32. The Morgan fingerprint density at radius 2 is 1.76 bits per heavy atom. The van der Waals surface area contributed by atoms with E-state index in [4.69, 9.17) is 4.52 Å². The summed E-state index contributed by atoms with van der Waals surface area (Å²) in [5, 5.41) is 6.85. The van der Waals surface area contributed by atoms with Crippen molar-refractivity contribution in [2.45, 2.75) is 30.3 Å². The highest BCUT2D eigenvalue weighted by Gasteiger charge is 2.24. The number of amides is 1. The Morgan fingerprint density at radius 1 is 1.09 bits per heavy atom. The third-order valence-corrected chi connectivity index (χ3v) is 7.51. The predicted molar refractivity (Wildman–Crippen MR) is 123 cm³/mol. The molecule has 9 nitrogen and oxygen atoms in total. The van der Waals surface area contributed by atoms with Crippen molar-refractivity contribution in [1.82, 2.24) is 24.7 Å². The van der Waals surface area contributed by atoms with Crippen molar-refractivity contribution in [3.8, 4) is 11.4 Å². The summed E-state index contributed by atoms with van der Waals surface area (Å²) in [4.78, 5) is 19.3. The summed E-state index contributed by atoms with van der Waals surface area (Å²) in [5.41, 5.74) is 1.84. The second kappa shape index (κ2) is 9.82. The van der Waals surface area contributed by atoms with Gasteiger partial charge in [-0.1, -0.05) is 35.5 Å². The van der Waals surface area contributed by atoms with Gasteiger partial charge in [-0.25, -0.2) is 12.7 Å². The lowest BCUT2D eigenvalue weighted by molar-refractivity contribution is 0.0865. The fraction of sp³-hybridized carbons (Fsp3) is 0.348. The highest BCUT2D eigenvalue weighted by Crippen LogP contribution is 2.20. The van der Waals surface area contributed by atoms with Gasteiger partial charge in [0.05, 0.1) is 4.90 Å². The third-order valence-electron chi connectivity index (χ3n) is 5.68. The standard InChI is InChI=1S/C23H27N5O4S/c1-27(2)33(30,31)20-10-8-18(9-11-20)21-25-23(32-26-21)22(29)24-19-12-14-28(15-13-19)16-17-6-4-3-5-7-17/h3-11,19H,12-16H2,1-2H3,(H,24,29). The summed E-state index contributed by atoms with van der Waals surface area (Å²) in [6.45, 7) is 2.71. The number of likely N-dealkylation sites (tertiary alicyclic amines) is 1. The van der Waals surface area contributed by atoms with Crippen LogP contribution >= 0.6 is 0 Å². The molecule has 0 aliphatic carbocycles. The number of nitrogens with zero attached hydrogens (tertiary/aromatic N) is 4. The minimum Gasteiger partial charge on any atom is -0.345 e. The van der Waals surface area contributed by atoms with Crippen molar-refractivity contribution in [3.05, 3.63) is 66.1 Å². The van der Waals surface area contributed by atoms with Crippen LogP contribution in [0.25, 0.3) is 11.4 Å². The molecule has 4 rings (SSSR count). The minimum atomic E-state index is -3.52. The van der Waals surface area contributed by atoms with Crippen LogP contribution in [0.1, 0.15) is 29.1 Å². The second-order valence-corrected chi connectivity index (χ2v) is 10.4. The zero-order valence-corrected chi connectivity index (χ0v) is 19.5. The number of aromatic nitrogens is 2. The number of hydrogen-bond acceptors (Lipinski definition) is 7. The van der Waals surface area contributed by atoms with Crippen molar-refractivity contribution >= 4 is 15.9 Å². The summed E-state index contributed by atoms with van der Waals surface area (Å²) in [7, 11) is -0.575. The van der Waals surface area contributed by atoms with Gasteiger partial charge in [0.1, 0.15) is 0 Å². The van der Waals surface area contributed by atoms with E-state index in [1.54, 1.807) is 12.1 Å². The van der Waals surface area contributed by atoms with Gasteiger partial charge in [0.15, 0.2) is 0 Å². The first-order valence-electron chi connectivity index (χ1n) is 10.8. The van der Waals surface area contributed by atoms with Gasteiger partial charge in [-0.05, 0) is 42.7 Å². The molecule has 0 bridgehead atoms. The first kappa shape index (κ1) is 23.1. The van der Waals surface area contributed by atoms with E-state index < -0.39 is 15.9 Å². The van der Waals surface area contributed by atoms with Crippen LogP contribution < -0.4 is 5.32 Å². The Hall–Kier alpha value is -3.08. The Labute approximate surface area is 193 Å². The summed E-state index contributed by atoms with van der Waals surface area (Å²) < 4.78 is 30.7. The quantitative estimate of drug-likeness (QED) is 0.566. The van der Waals surface area contributed by atoms with Crippen LogP contribution in [0.15, 0.2) is 64.0 Å². The molecule has 1 aliphatic heterocycles. The van der Waals surface area contributed by atoms with Crippen LogP contribution in [0.4, 0.5) is 0 Å². The monoisotopic (exact) mass is 469 g/mol. The third kappa shape index (κ3) is 5.47. The highest BCUT2D eigenvalue weighted by molar-refractivity contribution is 7.89. The molecule has 2 aromatic carbocycles. The number of carbonyl (C=O) groups is 1. The van der Waals surface area contributed by atoms with Gasteiger partial charge >= 0.3 is 11.8 Å². The van der Waals surface area contributed by atoms with Gasteiger partial charge in [0.25, 0.3) is 0 Å². The molecule has 174 valence electrons. The van der Waals surface area contributed by atoms with Crippen molar-refractivity contribution in [3.63, 3.8) is 0 Å². The topological polar surface area (TPSA) is 109 Å². The molecule has 1 amide bonds. The Balaban J connectivity index is 1.32. The maximum Gasteiger partial charge on any atom is 0.316 e. The van der Waals surface area contributed by atoms with Crippen LogP contribution in [0.5, 0.6) is 0 Å². The van der Waals surface area contributed by atoms with Crippen molar-refractivity contribution in [1.29, 1.82) is 0 Å². The summed E-state index contributed by atoms with van der Waals surface area (Å²) in [6.07, 6.45) is 1.70. The Bertz CT molecular complexity index is 1190. The molecule has 33 heavy (non-hydrogen) atoms. The molecule has 0 spiro atoms. The number of carbonyl (C=O) groups excluding carboxylic acids is 1. The highest BCUT2D eigenvalue weighted by atomic mass is 32.2. The van der Waals surface area contributed by atoms with Crippen LogP contribution in [-0.2, 0) is 16.6 Å². The van der Waals surface area contributed by atoms with Gasteiger partial charge in [0.2, 0.25) is 15.8 Å². The van der Waals surface area contributed by atoms with Crippen molar-refractivity contribution in [2.75, 3.05) is 27.2 Å². The van der Waals surface area contributed by atoms with E-state index in [0.717, 1.165) is 36.8 Å². The van der Waals surface area contributed by atoms with Gasteiger partial charge in [0, 0.05) is 45.3 Å². The minimum absolute atomic E-state index is 0.0513. The number of benzene rings is 2. The average molecular weight is 470 g/mol. The molecule has 0 unspecified atom stereocenters. The zero-order chi connectivity index (χ0) is 23.4. The molecule has 0 saturated carbocycles. The second-order valence-electron chi connectivity index (χ2n) is 8.24. The number of rotatable bonds is 7. The Kier molecular flexibility index (Phi) is 6.87. The van der Waals surface area contributed by atoms with E-state index in [0.29, 0.717) is 5.56 Å². The van der Waals surface area contributed by atoms with Gasteiger partial charge in [-0.2, -0.15) is 4.98 Å². The van der Waals surface area contributed by atoms with E-state index in [1.165, 1.54) is 31.8 Å². The molecular weight excluding hydrogens is 442 g/mol. The maximum absolute atomic E-state index is 12.6. The van der Waals surface area contributed by atoms with Crippen LogP contribution in [0, 0.1) is 0 Å². The number of hydrogen-bond donors (Lipinski definition) is 1. The molecule has 1 fully saturated rings. The van der Waals surface area contributed by atoms with E-state index in [9.17, 15) is 13.2 Å². The van der Waals surface area contributed by atoms with Crippen LogP contribution in [0.2, 0.25) is 0 Å². The summed E-state index contributed by atoms with van der Waals surface area (Å²) in [6, 6.07) is 16.5. The first-order chi connectivity index (χ1) is 15.8. The fourth-order valence-electron chi connectivity index (χ4n) is 3.74. The maximum atomic E-state index is 12.6. The normalized spacial score (nSPS) is 15.6. The lowest BCUT2D eigenvalue weighted by Gasteiger charge is -2.32. The van der Waals surface area contributed by atoms with E-state index in [-0.39, 0.29) is 22.7 Å². The molecule has 10 heteroatoms. The molecule has 3 aromatic rings. The Morgan fingerprint density at radius 3 is 2.39 bits per heavy atom. The van der Waals surface area contributed by atoms with Gasteiger partial charge in [-0.3, -0.25) is 9.69 Å². The molecule has 1 saturated heterocycles. The smallest absolute Gasteiger partial charge is 0.316 e. The first-order valence-corrected chi connectivity index (χ1v) is 12.2. The van der Waals surface area contributed by atoms with E-state index in [2.05, 4.69) is 32.5 Å². The fourth-order valence-corrected chi connectivity index (χ4v) is 4.65. The largest absolute Gasteiger partial charge is 0.345 e. The van der Waals surface area contributed by atoms with Crippen LogP contribution in [-0.4, -0.2) is 66.9 Å². The van der Waals surface area contributed by atoms with E-state index >= 15 is 0 Å². The zero-order valence-electron chi connectivity index (χ0n) is 18.6. The summed E-state index contributed by atoms with van der Waals surface area (Å²) in [5.74, 6) is -0.282. The molecule has 1 aromatic heterocycles.